The summed E-state index contributed by atoms with van der Waals surface area (Å²) in [7, 11) is 0. The predicted molar refractivity (Wildman–Crippen MR) is 90.7 cm³/mol. The molecule has 1 aliphatic heterocycles. The minimum atomic E-state index is -0.831. The highest BCUT2D eigenvalue weighted by Gasteiger charge is 2.26. The van der Waals surface area contributed by atoms with Gasteiger partial charge >= 0.3 is 5.97 Å². The molecule has 0 bridgehead atoms. The molecule has 136 valence electrons. The van der Waals surface area contributed by atoms with Crippen molar-refractivity contribution in [2.24, 2.45) is 5.92 Å². The Balaban J connectivity index is 1.76. The van der Waals surface area contributed by atoms with Crippen molar-refractivity contribution in [3.8, 4) is 5.69 Å². The second-order valence-corrected chi connectivity index (χ2v) is 6.28. The molecule has 1 N–H and O–H groups in total. The normalized spacial score (nSPS) is 15.0. The fourth-order valence-electron chi connectivity index (χ4n) is 3.04. The summed E-state index contributed by atoms with van der Waals surface area (Å²) in [4.78, 5) is 37.1. The highest BCUT2D eigenvalue weighted by atomic mass is 19.1. The van der Waals surface area contributed by atoms with E-state index in [-0.39, 0.29) is 23.9 Å². The highest BCUT2D eigenvalue weighted by Crippen LogP contribution is 2.21. The molecule has 1 fully saturated rings. The molecule has 2 heterocycles. The molecule has 2 aromatic rings. The quantitative estimate of drug-likeness (QED) is 0.897. The van der Waals surface area contributed by atoms with Crippen LogP contribution < -0.4 is 5.56 Å². The molecule has 0 saturated carbocycles. The molecule has 0 aliphatic carbocycles. The van der Waals surface area contributed by atoms with Gasteiger partial charge in [-0.1, -0.05) is 0 Å². The first-order valence-corrected chi connectivity index (χ1v) is 8.31. The number of carbonyl (C=O) groups excluding carboxylic acids is 1. The van der Waals surface area contributed by atoms with Crippen molar-refractivity contribution in [2.45, 2.75) is 19.3 Å². The van der Waals surface area contributed by atoms with Crippen LogP contribution in [0.15, 0.2) is 41.2 Å². The van der Waals surface area contributed by atoms with Gasteiger partial charge in [0.05, 0.1) is 5.69 Å². The molecule has 1 aromatic heterocycles. The van der Waals surface area contributed by atoms with Crippen LogP contribution in [0.4, 0.5) is 4.39 Å². The van der Waals surface area contributed by atoms with Crippen LogP contribution in [-0.4, -0.2) is 44.8 Å². The van der Waals surface area contributed by atoms with E-state index >= 15 is 0 Å². The average molecular weight is 359 g/mol. The molecular weight excluding hydrogens is 341 g/mol. The Kier molecular flexibility index (Phi) is 5.11. The smallest absolute Gasteiger partial charge is 0.303 e. The fraction of sp³-hybridized carbons (Fsp3) is 0.333. The van der Waals surface area contributed by atoms with Crippen molar-refractivity contribution in [3.63, 3.8) is 0 Å². The molecule has 1 aliphatic rings. The first kappa shape index (κ1) is 17.8. The zero-order chi connectivity index (χ0) is 18.7. The number of piperidine rings is 1. The number of carboxylic acid groups (broad SMARTS) is 1. The molecule has 0 atom stereocenters. The largest absolute Gasteiger partial charge is 0.481 e. The predicted octanol–water partition coefficient (Wildman–Crippen LogP) is 1.70. The third kappa shape index (κ3) is 3.96. The number of rotatable bonds is 4. The van der Waals surface area contributed by atoms with Crippen LogP contribution in [0.5, 0.6) is 0 Å². The lowest BCUT2D eigenvalue weighted by molar-refractivity contribution is -0.138. The third-order valence-electron chi connectivity index (χ3n) is 4.46. The maximum atomic E-state index is 13.1. The number of carboxylic acids is 1. The Morgan fingerprint density at radius 2 is 1.77 bits per heavy atom. The summed E-state index contributed by atoms with van der Waals surface area (Å²) in [6.07, 6.45) is 1.35. The van der Waals surface area contributed by atoms with Crippen molar-refractivity contribution < 1.29 is 19.1 Å². The van der Waals surface area contributed by atoms with Crippen LogP contribution >= 0.6 is 0 Å². The molecular formula is C18H18FN3O4. The van der Waals surface area contributed by atoms with E-state index in [4.69, 9.17) is 5.11 Å². The number of halogens is 1. The summed E-state index contributed by atoms with van der Waals surface area (Å²) in [5, 5.41) is 13.0. The minimum absolute atomic E-state index is 0.0673. The second kappa shape index (κ2) is 7.47. The van der Waals surface area contributed by atoms with Crippen molar-refractivity contribution in [1.29, 1.82) is 0 Å². The standard InChI is InChI=1S/C18H18FN3O4/c19-13-1-3-14(4-2-13)22-16(23)6-5-15(20-22)18(26)21-9-7-12(8-10-21)11-17(24)25/h1-6,12H,7-11H2,(H,24,25). The Morgan fingerprint density at radius 1 is 1.12 bits per heavy atom. The number of carbonyl (C=O) groups is 2. The zero-order valence-corrected chi connectivity index (χ0v) is 14.0. The summed E-state index contributed by atoms with van der Waals surface area (Å²) in [6, 6.07) is 7.87. The molecule has 0 spiro atoms. The van der Waals surface area contributed by atoms with Gasteiger partial charge in [0.25, 0.3) is 11.5 Å². The molecule has 7 nitrogen and oxygen atoms in total. The second-order valence-electron chi connectivity index (χ2n) is 6.28. The molecule has 3 rings (SSSR count). The SMILES string of the molecule is O=C(O)CC1CCN(C(=O)c2ccc(=O)n(-c3ccc(F)cc3)n2)CC1. The minimum Gasteiger partial charge on any atom is -0.481 e. The van der Waals surface area contributed by atoms with Gasteiger partial charge in [-0.05, 0) is 49.1 Å². The number of hydrogen-bond acceptors (Lipinski definition) is 4. The van der Waals surface area contributed by atoms with Gasteiger partial charge in [-0.2, -0.15) is 9.78 Å². The monoisotopic (exact) mass is 359 g/mol. The summed E-state index contributed by atoms with van der Waals surface area (Å²) >= 11 is 0. The van der Waals surface area contributed by atoms with E-state index in [1.165, 1.54) is 36.4 Å². The topological polar surface area (TPSA) is 92.5 Å². The van der Waals surface area contributed by atoms with Crippen molar-refractivity contribution in [3.05, 3.63) is 58.3 Å². The number of aliphatic carboxylic acids is 1. The van der Waals surface area contributed by atoms with Crippen LogP contribution in [0.2, 0.25) is 0 Å². The van der Waals surface area contributed by atoms with E-state index in [1.54, 1.807) is 4.90 Å². The molecule has 0 unspecified atom stereocenters. The van der Waals surface area contributed by atoms with Gasteiger partial charge in [0.2, 0.25) is 0 Å². The van der Waals surface area contributed by atoms with Crippen molar-refractivity contribution in [1.82, 2.24) is 14.7 Å². The third-order valence-corrected chi connectivity index (χ3v) is 4.46. The first-order valence-electron chi connectivity index (χ1n) is 8.31. The van der Waals surface area contributed by atoms with Gasteiger partial charge in [-0.3, -0.25) is 14.4 Å². The number of aromatic nitrogens is 2. The van der Waals surface area contributed by atoms with E-state index in [0.717, 1.165) is 4.68 Å². The Morgan fingerprint density at radius 3 is 2.38 bits per heavy atom. The maximum absolute atomic E-state index is 13.1. The molecule has 1 saturated heterocycles. The molecule has 26 heavy (non-hydrogen) atoms. The fourth-order valence-corrected chi connectivity index (χ4v) is 3.04. The lowest BCUT2D eigenvalue weighted by Crippen LogP contribution is -2.40. The lowest BCUT2D eigenvalue weighted by Gasteiger charge is -2.31. The van der Waals surface area contributed by atoms with Gasteiger partial charge in [-0.25, -0.2) is 4.39 Å². The zero-order valence-electron chi connectivity index (χ0n) is 14.0. The van der Waals surface area contributed by atoms with Crippen LogP contribution in [0, 0.1) is 11.7 Å². The summed E-state index contributed by atoms with van der Waals surface area (Å²) in [5.41, 5.74) is 0.0603. The highest BCUT2D eigenvalue weighted by molar-refractivity contribution is 5.92. The number of hydrogen-bond donors (Lipinski definition) is 1. The van der Waals surface area contributed by atoms with E-state index in [2.05, 4.69) is 5.10 Å². The Bertz CT molecular complexity index is 871. The van der Waals surface area contributed by atoms with Crippen LogP contribution in [0.1, 0.15) is 29.8 Å². The van der Waals surface area contributed by atoms with E-state index < -0.39 is 17.3 Å². The van der Waals surface area contributed by atoms with Crippen LogP contribution in [0.25, 0.3) is 5.69 Å². The molecule has 8 heteroatoms. The van der Waals surface area contributed by atoms with Crippen molar-refractivity contribution >= 4 is 11.9 Å². The molecule has 1 aromatic carbocycles. The number of amides is 1. The first-order chi connectivity index (χ1) is 12.4. The summed E-state index contributed by atoms with van der Waals surface area (Å²) < 4.78 is 14.1. The number of nitrogens with zero attached hydrogens (tertiary/aromatic N) is 3. The van der Waals surface area contributed by atoms with Gasteiger partial charge in [0.1, 0.15) is 11.5 Å². The van der Waals surface area contributed by atoms with Crippen LogP contribution in [-0.2, 0) is 4.79 Å². The molecule has 1 amide bonds. The maximum Gasteiger partial charge on any atom is 0.303 e. The van der Waals surface area contributed by atoms with Gasteiger partial charge in [0, 0.05) is 25.6 Å². The summed E-state index contributed by atoms with van der Waals surface area (Å²) in [6.45, 7) is 0.905. The Labute approximate surface area is 148 Å². The van der Waals surface area contributed by atoms with E-state index in [1.807, 2.05) is 0 Å². The van der Waals surface area contributed by atoms with Gasteiger partial charge in [0.15, 0.2) is 0 Å². The van der Waals surface area contributed by atoms with Crippen LogP contribution in [0.3, 0.4) is 0 Å². The van der Waals surface area contributed by atoms with Crippen molar-refractivity contribution in [2.75, 3.05) is 13.1 Å². The molecule has 0 radical (unpaired) electrons. The van der Waals surface area contributed by atoms with Gasteiger partial charge < -0.3 is 10.0 Å². The average Bonchev–Trinajstić information content (AvgIpc) is 2.62. The number of likely N-dealkylation sites (tertiary alicyclic amines) is 1. The summed E-state index contributed by atoms with van der Waals surface area (Å²) in [5.74, 6) is -1.51. The van der Waals surface area contributed by atoms with E-state index in [0.29, 0.717) is 31.6 Å². The lowest BCUT2D eigenvalue weighted by atomic mass is 9.93. The number of benzene rings is 1. The van der Waals surface area contributed by atoms with Gasteiger partial charge in [-0.15, -0.1) is 0 Å². The van der Waals surface area contributed by atoms with E-state index in [9.17, 15) is 18.8 Å². The Hall–Kier alpha value is -3.03.